The van der Waals surface area contributed by atoms with E-state index in [2.05, 4.69) is 36.4 Å². The number of carbonyl (C=O) groups is 2. The third kappa shape index (κ3) is 4.59. The van der Waals surface area contributed by atoms with E-state index in [0.717, 1.165) is 65.6 Å². The van der Waals surface area contributed by atoms with Gasteiger partial charge in [-0.05, 0) is 75.3 Å². The fourth-order valence-electron chi connectivity index (χ4n) is 6.02. The average Bonchev–Trinajstić information content (AvgIpc) is 3.68. The second-order valence-electron chi connectivity index (χ2n) is 11.9. The monoisotopic (exact) mass is 513 g/mol. The van der Waals surface area contributed by atoms with Crippen LogP contribution in [0.1, 0.15) is 58.4 Å². The van der Waals surface area contributed by atoms with E-state index >= 15 is 0 Å². The fourth-order valence-corrected chi connectivity index (χ4v) is 6.02. The van der Waals surface area contributed by atoms with Crippen LogP contribution >= 0.6 is 0 Å². The molecule has 0 radical (unpaired) electrons. The van der Waals surface area contributed by atoms with Crippen molar-refractivity contribution >= 4 is 28.8 Å². The predicted octanol–water partition coefficient (Wildman–Crippen LogP) is 6.26. The molecule has 2 fully saturated rings. The third-order valence-electron chi connectivity index (χ3n) is 7.96. The van der Waals surface area contributed by atoms with Gasteiger partial charge < -0.3 is 14.1 Å². The number of rotatable bonds is 4. The van der Waals surface area contributed by atoms with E-state index in [1.165, 1.54) is 0 Å². The van der Waals surface area contributed by atoms with E-state index in [1.54, 1.807) is 11.2 Å². The summed E-state index contributed by atoms with van der Waals surface area (Å²) in [5, 5.41) is 1.07. The van der Waals surface area contributed by atoms with Crippen molar-refractivity contribution in [3.8, 4) is 11.1 Å². The van der Waals surface area contributed by atoms with Crippen molar-refractivity contribution in [1.82, 2.24) is 9.80 Å². The molecule has 38 heavy (non-hydrogen) atoms. The normalized spacial score (nSPS) is 21.1. The lowest BCUT2D eigenvalue weighted by Gasteiger charge is -2.26. The van der Waals surface area contributed by atoms with Crippen LogP contribution in [0.25, 0.3) is 22.1 Å². The number of likely N-dealkylation sites (tertiary alicyclic amines) is 1. The van der Waals surface area contributed by atoms with Crippen molar-refractivity contribution in [2.24, 2.45) is 10.9 Å². The highest BCUT2D eigenvalue weighted by atomic mass is 16.6. The standard InChI is InChI=1S/C31H35N3O4/c1-30(2,3)38-29(36)33-16-12-21(19-33)20-34-27(32-31(28(34)35)14-4-5-15-31)23-8-6-22(7-9-23)24-10-11-26-25(18-24)13-17-37-26/h6-11,13,17-18,21H,4-5,12,14-16,19-20H2,1-3H3/t21-/m1/s1. The smallest absolute Gasteiger partial charge is 0.410 e. The van der Waals surface area contributed by atoms with E-state index in [0.29, 0.717) is 19.6 Å². The molecule has 3 heterocycles. The quantitative estimate of drug-likeness (QED) is 0.413. The molecular weight excluding hydrogens is 478 g/mol. The average molecular weight is 514 g/mol. The minimum Gasteiger partial charge on any atom is -0.464 e. The van der Waals surface area contributed by atoms with Crippen LogP contribution < -0.4 is 0 Å². The van der Waals surface area contributed by atoms with Crippen LogP contribution in [0.5, 0.6) is 0 Å². The highest BCUT2D eigenvalue weighted by molar-refractivity contribution is 6.15. The molecule has 1 atom stereocenters. The van der Waals surface area contributed by atoms with Crippen LogP contribution in [0.3, 0.4) is 0 Å². The Morgan fingerprint density at radius 1 is 1.05 bits per heavy atom. The van der Waals surface area contributed by atoms with Crippen molar-refractivity contribution in [3.63, 3.8) is 0 Å². The molecule has 7 nitrogen and oxygen atoms in total. The van der Waals surface area contributed by atoms with Crippen LogP contribution in [0.15, 0.2) is 64.2 Å². The van der Waals surface area contributed by atoms with Crippen LogP contribution in [0.4, 0.5) is 4.79 Å². The van der Waals surface area contributed by atoms with Gasteiger partial charge in [0, 0.05) is 30.6 Å². The van der Waals surface area contributed by atoms with Gasteiger partial charge in [0.25, 0.3) is 5.91 Å². The lowest BCUT2D eigenvalue weighted by Crippen LogP contribution is -2.44. The number of carbonyl (C=O) groups excluding carboxylic acids is 2. The molecule has 1 saturated heterocycles. The maximum atomic E-state index is 13.8. The highest BCUT2D eigenvalue weighted by Crippen LogP contribution is 2.40. The van der Waals surface area contributed by atoms with Crippen LogP contribution in [0.2, 0.25) is 0 Å². The number of fused-ring (bicyclic) bond motifs is 1. The highest BCUT2D eigenvalue weighted by Gasteiger charge is 2.50. The van der Waals surface area contributed by atoms with Crippen molar-refractivity contribution in [2.45, 2.75) is 64.0 Å². The molecule has 1 aromatic heterocycles. The zero-order valence-electron chi connectivity index (χ0n) is 22.4. The Kier molecular flexibility index (Phi) is 6.04. The maximum absolute atomic E-state index is 13.8. The number of nitrogens with zero attached hydrogens (tertiary/aromatic N) is 3. The van der Waals surface area contributed by atoms with Gasteiger partial charge in [0.15, 0.2) is 0 Å². The molecule has 198 valence electrons. The molecule has 7 heteroatoms. The van der Waals surface area contributed by atoms with Gasteiger partial charge in [-0.2, -0.15) is 0 Å². The van der Waals surface area contributed by atoms with Crippen molar-refractivity contribution < 1.29 is 18.7 Å². The number of benzene rings is 2. The summed E-state index contributed by atoms with van der Waals surface area (Å²) in [5.74, 6) is 1.08. The summed E-state index contributed by atoms with van der Waals surface area (Å²) in [6.45, 7) is 7.45. The first-order valence-corrected chi connectivity index (χ1v) is 13.7. The molecular formula is C31H35N3O4. The van der Waals surface area contributed by atoms with E-state index < -0.39 is 11.1 Å². The topological polar surface area (TPSA) is 75.3 Å². The van der Waals surface area contributed by atoms with Gasteiger partial charge >= 0.3 is 6.09 Å². The predicted molar refractivity (Wildman–Crippen MR) is 147 cm³/mol. The minimum atomic E-state index is -0.621. The molecule has 1 aliphatic carbocycles. The van der Waals surface area contributed by atoms with Gasteiger partial charge in [-0.15, -0.1) is 0 Å². The van der Waals surface area contributed by atoms with Gasteiger partial charge in [0.2, 0.25) is 0 Å². The maximum Gasteiger partial charge on any atom is 0.410 e. The summed E-state index contributed by atoms with van der Waals surface area (Å²) in [4.78, 5) is 35.2. The first-order chi connectivity index (χ1) is 18.2. The number of hydrogen-bond donors (Lipinski definition) is 0. The van der Waals surface area contributed by atoms with Gasteiger partial charge in [0.1, 0.15) is 22.6 Å². The summed E-state index contributed by atoms with van der Waals surface area (Å²) < 4.78 is 11.0. The van der Waals surface area contributed by atoms with Gasteiger partial charge in [-0.25, -0.2) is 4.79 Å². The Bertz CT molecular complexity index is 1390. The largest absolute Gasteiger partial charge is 0.464 e. The second kappa shape index (κ2) is 9.29. The van der Waals surface area contributed by atoms with Gasteiger partial charge in [0.05, 0.1) is 6.26 Å². The second-order valence-corrected chi connectivity index (χ2v) is 11.9. The zero-order chi connectivity index (χ0) is 26.5. The number of amidine groups is 1. The lowest BCUT2D eigenvalue weighted by atomic mass is 9.97. The molecule has 3 aromatic rings. The number of aliphatic imine (C=N–C) groups is 1. The lowest BCUT2D eigenvalue weighted by molar-refractivity contribution is -0.131. The Hall–Kier alpha value is -3.61. The van der Waals surface area contributed by atoms with Crippen molar-refractivity contribution in [2.75, 3.05) is 19.6 Å². The number of ether oxygens (including phenoxy) is 1. The zero-order valence-corrected chi connectivity index (χ0v) is 22.4. The summed E-state index contributed by atoms with van der Waals surface area (Å²) in [6.07, 6.45) is 5.95. The van der Waals surface area contributed by atoms with Crippen LogP contribution in [0, 0.1) is 5.92 Å². The van der Waals surface area contributed by atoms with Gasteiger partial charge in [-0.3, -0.25) is 14.7 Å². The third-order valence-corrected chi connectivity index (χ3v) is 7.96. The molecule has 0 N–H and O–H groups in total. The van der Waals surface area contributed by atoms with E-state index in [1.807, 2.05) is 37.8 Å². The summed E-state index contributed by atoms with van der Waals surface area (Å²) in [6, 6.07) is 16.5. The number of amides is 2. The molecule has 2 aromatic carbocycles. The molecule has 2 aliphatic heterocycles. The van der Waals surface area contributed by atoms with E-state index in [4.69, 9.17) is 14.1 Å². The van der Waals surface area contributed by atoms with Crippen LogP contribution in [-0.4, -0.2) is 58.4 Å². The SMILES string of the molecule is CC(C)(C)OC(=O)N1CC[C@@H](CN2C(=O)C3(CCCC3)N=C2c2ccc(-c3ccc4occc4c3)cc2)C1. The number of furan rings is 1. The first-order valence-electron chi connectivity index (χ1n) is 13.7. The molecule has 2 amide bonds. The summed E-state index contributed by atoms with van der Waals surface area (Å²) in [5.41, 5.74) is 2.91. The molecule has 6 rings (SSSR count). The van der Waals surface area contributed by atoms with E-state index in [-0.39, 0.29) is 17.9 Å². The minimum absolute atomic E-state index is 0.121. The summed E-state index contributed by atoms with van der Waals surface area (Å²) >= 11 is 0. The molecule has 1 saturated carbocycles. The molecule has 0 unspecified atom stereocenters. The first kappa shape index (κ1) is 24.7. The Morgan fingerprint density at radius 3 is 2.50 bits per heavy atom. The summed E-state index contributed by atoms with van der Waals surface area (Å²) in [7, 11) is 0. The molecule has 3 aliphatic rings. The molecule has 0 bridgehead atoms. The Labute approximate surface area is 223 Å². The van der Waals surface area contributed by atoms with Gasteiger partial charge in [-0.1, -0.05) is 43.2 Å². The van der Waals surface area contributed by atoms with Crippen LogP contribution in [-0.2, 0) is 9.53 Å². The number of hydrogen-bond acceptors (Lipinski definition) is 5. The molecule has 1 spiro atoms. The fraction of sp³-hybridized carbons (Fsp3) is 0.452. The Morgan fingerprint density at radius 2 is 1.76 bits per heavy atom. The Balaban J connectivity index is 1.23. The van der Waals surface area contributed by atoms with Crippen molar-refractivity contribution in [1.29, 1.82) is 0 Å². The van der Waals surface area contributed by atoms with Crippen molar-refractivity contribution in [3.05, 3.63) is 60.4 Å². The van der Waals surface area contributed by atoms with E-state index in [9.17, 15) is 9.59 Å².